The number of amides is 1. The van der Waals surface area contributed by atoms with E-state index in [1.807, 2.05) is 54.6 Å². The summed E-state index contributed by atoms with van der Waals surface area (Å²) in [5, 5.41) is 8.05. The smallest absolute Gasteiger partial charge is 0.263 e. The SMILES string of the molecule is COc1cccc(OC)c1C(=O)Nc1ccccc1Sc1nc(Cl)nn1Cc1ccccc1. The van der Waals surface area contributed by atoms with Crippen LogP contribution in [0.2, 0.25) is 5.28 Å². The quantitative estimate of drug-likeness (QED) is 0.364. The van der Waals surface area contributed by atoms with Gasteiger partial charge in [0.15, 0.2) is 5.16 Å². The predicted molar refractivity (Wildman–Crippen MR) is 129 cm³/mol. The molecule has 0 unspecified atom stereocenters. The molecular weight excluding hydrogens is 460 g/mol. The van der Waals surface area contributed by atoms with Gasteiger partial charge in [0.05, 0.1) is 26.5 Å². The Morgan fingerprint density at radius 2 is 1.64 bits per heavy atom. The molecule has 1 aromatic heterocycles. The monoisotopic (exact) mass is 480 g/mol. The van der Waals surface area contributed by atoms with Crippen LogP contribution in [0.15, 0.2) is 82.8 Å². The molecule has 0 bridgehead atoms. The third-order valence-corrected chi connectivity index (χ3v) is 6.00. The molecule has 0 atom stereocenters. The molecule has 1 heterocycles. The van der Waals surface area contributed by atoms with Gasteiger partial charge in [0.1, 0.15) is 17.1 Å². The van der Waals surface area contributed by atoms with E-state index >= 15 is 0 Å². The Morgan fingerprint density at radius 1 is 0.970 bits per heavy atom. The Kier molecular flexibility index (Phi) is 7.16. The number of rotatable bonds is 8. The fraction of sp³-hybridized carbons (Fsp3) is 0.125. The summed E-state index contributed by atoms with van der Waals surface area (Å²) in [5.74, 6) is 0.499. The van der Waals surface area contributed by atoms with E-state index in [-0.39, 0.29) is 11.2 Å². The molecule has 4 rings (SSSR count). The van der Waals surface area contributed by atoms with Crippen LogP contribution in [0.3, 0.4) is 0 Å². The van der Waals surface area contributed by atoms with E-state index < -0.39 is 0 Å². The molecule has 3 aromatic carbocycles. The van der Waals surface area contributed by atoms with Gasteiger partial charge >= 0.3 is 0 Å². The number of benzene rings is 3. The van der Waals surface area contributed by atoms with Crippen molar-refractivity contribution >= 4 is 35.0 Å². The second kappa shape index (κ2) is 10.4. The topological polar surface area (TPSA) is 78.3 Å². The van der Waals surface area contributed by atoms with Gasteiger partial charge in [0, 0.05) is 4.90 Å². The molecule has 0 fully saturated rings. The van der Waals surface area contributed by atoms with E-state index in [9.17, 15) is 4.79 Å². The number of anilines is 1. The van der Waals surface area contributed by atoms with Crippen LogP contribution < -0.4 is 14.8 Å². The van der Waals surface area contributed by atoms with Crippen LogP contribution in [0.5, 0.6) is 11.5 Å². The maximum absolute atomic E-state index is 13.2. The number of hydrogen-bond donors (Lipinski definition) is 1. The number of para-hydroxylation sites is 1. The highest BCUT2D eigenvalue weighted by atomic mass is 35.5. The molecule has 168 valence electrons. The van der Waals surface area contributed by atoms with E-state index in [0.717, 1.165) is 10.5 Å². The lowest BCUT2D eigenvalue weighted by Gasteiger charge is -2.15. The number of hydrogen-bond acceptors (Lipinski definition) is 6. The standard InChI is InChI=1S/C24H21ClN4O3S/c1-31-18-12-8-13-19(32-2)21(18)22(30)26-17-11-6-7-14-20(17)33-24-27-23(25)28-29(24)15-16-9-4-3-5-10-16/h3-14H,15H2,1-2H3,(H,26,30). The zero-order valence-corrected chi connectivity index (χ0v) is 19.6. The number of carbonyl (C=O) groups excluding carboxylic acids is 1. The molecule has 4 aromatic rings. The minimum absolute atomic E-state index is 0.161. The molecule has 0 aliphatic rings. The van der Waals surface area contributed by atoms with Crippen molar-refractivity contribution in [3.05, 3.63) is 89.2 Å². The Morgan fingerprint density at radius 3 is 2.33 bits per heavy atom. The van der Waals surface area contributed by atoms with E-state index in [4.69, 9.17) is 21.1 Å². The highest BCUT2D eigenvalue weighted by Gasteiger charge is 2.20. The predicted octanol–water partition coefficient (Wildman–Crippen LogP) is 5.40. The zero-order chi connectivity index (χ0) is 23.2. The minimum Gasteiger partial charge on any atom is -0.496 e. The highest BCUT2D eigenvalue weighted by molar-refractivity contribution is 7.99. The van der Waals surface area contributed by atoms with Crippen LogP contribution in [0.4, 0.5) is 5.69 Å². The van der Waals surface area contributed by atoms with Crippen LogP contribution in [0.1, 0.15) is 15.9 Å². The first-order valence-electron chi connectivity index (χ1n) is 10.0. The van der Waals surface area contributed by atoms with Crippen molar-refractivity contribution in [3.8, 4) is 11.5 Å². The molecule has 0 radical (unpaired) electrons. The summed E-state index contributed by atoms with van der Waals surface area (Å²) in [6.45, 7) is 0.524. The number of nitrogens with zero attached hydrogens (tertiary/aromatic N) is 3. The largest absolute Gasteiger partial charge is 0.496 e. The molecule has 1 N–H and O–H groups in total. The van der Waals surface area contributed by atoms with Crippen molar-refractivity contribution in [2.75, 3.05) is 19.5 Å². The van der Waals surface area contributed by atoms with Crippen molar-refractivity contribution in [2.24, 2.45) is 0 Å². The zero-order valence-electron chi connectivity index (χ0n) is 18.0. The summed E-state index contributed by atoms with van der Waals surface area (Å²) in [5.41, 5.74) is 2.01. The molecule has 33 heavy (non-hydrogen) atoms. The molecule has 0 saturated carbocycles. The number of halogens is 1. The molecule has 9 heteroatoms. The number of methoxy groups -OCH3 is 2. The van der Waals surface area contributed by atoms with Gasteiger partial charge in [0.25, 0.3) is 5.91 Å². The van der Waals surface area contributed by atoms with Crippen molar-refractivity contribution in [1.29, 1.82) is 0 Å². The summed E-state index contributed by atoms with van der Waals surface area (Å²) in [6.07, 6.45) is 0. The Balaban J connectivity index is 1.61. The van der Waals surface area contributed by atoms with E-state index in [1.54, 1.807) is 22.9 Å². The molecule has 0 aliphatic carbocycles. The molecule has 0 spiro atoms. The Bertz CT molecular complexity index is 1240. The van der Waals surface area contributed by atoms with Gasteiger partial charge < -0.3 is 14.8 Å². The third-order valence-electron chi connectivity index (χ3n) is 4.78. The van der Waals surface area contributed by atoms with E-state index in [0.29, 0.717) is 34.5 Å². The van der Waals surface area contributed by atoms with Crippen molar-refractivity contribution in [3.63, 3.8) is 0 Å². The minimum atomic E-state index is -0.346. The fourth-order valence-electron chi connectivity index (χ4n) is 3.25. The van der Waals surface area contributed by atoms with Crippen molar-refractivity contribution in [2.45, 2.75) is 16.6 Å². The Labute approximate surface area is 200 Å². The summed E-state index contributed by atoms with van der Waals surface area (Å²) >= 11 is 7.48. The number of ether oxygens (including phenoxy) is 2. The first-order chi connectivity index (χ1) is 16.1. The molecular formula is C24H21ClN4O3S. The number of nitrogens with one attached hydrogen (secondary N) is 1. The van der Waals surface area contributed by atoms with E-state index in [1.165, 1.54) is 26.0 Å². The third kappa shape index (κ3) is 5.30. The van der Waals surface area contributed by atoms with Gasteiger partial charge in [0.2, 0.25) is 5.28 Å². The van der Waals surface area contributed by atoms with Crippen LogP contribution in [0, 0.1) is 0 Å². The van der Waals surface area contributed by atoms with Crippen LogP contribution >= 0.6 is 23.4 Å². The summed E-state index contributed by atoms with van der Waals surface area (Å²) in [6, 6.07) is 22.6. The molecule has 7 nitrogen and oxygen atoms in total. The average Bonchev–Trinajstić information content (AvgIpc) is 3.18. The maximum atomic E-state index is 13.2. The summed E-state index contributed by atoms with van der Waals surface area (Å²) in [7, 11) is 3.03. The van der Waals surface area contributed by atoms with Gasteiger partial charge in [-0.15, -0.1) is 5.10 Å². The lowest BCUT2D eigenvalue weighted by Crippen LogP contribution is -2.15. The maximum Gasteiger partial charge on any atom is 0.263 e. The van der Waals surface area contributed by atoms with Gasteiger partial charge in [-0.2, -0.15) is 4.98 Å². The average molecular weight is 481 g/mol. The molecule has 0 saturated heterocycles. The molecule has 0 aliphatic heterocycles. The van der Waals surface area contributed by atoms with Crippen molar-refractivity contribution in [1.82, 2.24) is 14.8 Å². The number of carbonyl (C=O) groups is 1. The second-order valence-corrected chi connectivity index (χ2v) is 8.24. The second-order valence-electron chi connectivity index (χ2n) is 6.90. The van der Waals surface area contributed by atoms with Crippen LogP contribution in [0.25, 0.3) is 0 Å². The van der Waals surface area contributed by atoms with Crippen LogP contribution in [-0.2, 0) is 6.54 Å². The van der Waals surface area contributed by atoms with Gasteiger partial charge in [-0.05, 0) is 53.2 Å². The van der Waals surface area contributed by atoms with Crippen molar-refractivity contribution < 1.29 is 14.3 Å². The van der Waals surface area contributed by atoms with Gasteiger partial charge in [-0.25, -0.2) is 4.68 Å². The first kappa shape index (κ1) is 22.7. The normalized spacial score (nSPS) is 10.6. The van der Waals surface area contributed by atoms with Gasteiger partial charge in [-0.3, -0.25) is 4.79 Å². The molecule has 1 amide bonds. The first-order valence-corrected chi connectivity index (χ1v) is 11.2. The summed E-state index contributed by atoms with van der Waals surface area (Å²) in [4.78, 5) is 18.3. The van der Waals surface area contributed by atoms with Crippen LogP contribution in [-0.4, -0.2) is 34.9 Å². The summed E-state index contributed by atoms with van der Waals surface area (Å²) < 4.78 is 12.5. The number of aromatic nitrogens is 3. The highest BCUT2D eigenvalue weighted by Crippen LogP contribution is 2.35. The Hall–Kier alpha value is -3.49. The van der Waals surface area contributed by atoms with Gasteiger partial charge in [-0.1, -0.05) is 48.5 Å². The lowest BCUT2D eigenvalue weighted by molar-refractivity contribution is 0.102. The fourth-order valence-corrected chi connectivity index (χ4v) is 4.39. The van der Waals surface area contributed by atoms with E-state index in [2.05, 4.69) is 15.4 Å². The lowest BCUT2D eigenvalue weighted by atomic mass is 10.1.